The Morgan fingerprint density at radius 1 is 1.42 bits per heavy atom. The Labute approximate surface area is 140 Å². The topological polar surface area (TPSA) is 67.2 Å². The van der Waals surface area contributed by atoms with Gasteiger partial charge in [-0.1, -0.05) is 31.0 Å². The van der Waals surface area contributed by atoms with Gasteiger partial charge in [0.1, 0.15) is 5.82 Å². The summed E-state index contributed by atoms with van der Waals surface area (Å²) in [6, 6.07) is 6.38. The minimum absolute atomic E-state index is 0.0478. The third kappa shape index (κ3) is 3.33. The average molecular weight is 331 g/mol. The molecule has 2 N–H and O–H groups in total. The minimum Gasteiger partial charge on any atom is -0.386 e. The van der Waals surface area contributed by atoms with E-state index in [0.717, 1.165) is 18.5 Å². The summed E-state index contributed by atoms with van der Waals surface area (Å²) in [4.78, 5) is 12.3. The number of aromatic nitrogens is 2. The molecule has 1 aliphatic rings. The molecule has 0 aliphatic heterocycles. The van der Waals surface area contributed by atoms with E-state index < -0.39 is 11.9 Å². The number of carbonyl (C=O) groups excluding carboxylic acids is 1. The van der Waals surface area contributed by atoms with Crippen LogP contribution in [0.1, 0.15) is 59.4 Å². The van der Waals surface area contributed by atoms with Gasteiger partial charge in [0.2, 0.25) is 0 Å². The summed E-state index contributed by atoms with van der Waals surface area (Å²) in [5, 5.41) is 17.1. The van der Waals surface area contributed by atoms with Crippen LogP contribution in [0, 0.1) is 12.7 Å². The molecular formula is C18H22FN3O2. The van der Waals surface area contributed by atoms with E-state index in [1.807, 2.05) is 11.6 Å². The molecule has 5 nitrogen and oxygen atoms in total. The summed E-state index contributed by atoms with van der Waals surface area (Å²) in [5.74, 6) is -0.781. The SMILES string of the molecule is Cc1c(C(=O)NCC(O)c2ccccc2F)cnn1C1CCCC1. The fraction of sp³-hybridized carbons (Fsp3) is 0.444. The average Bonchev–Trinajstić information content (AvgIpc) is 3.22. The van der Waals surface area contributed by atoms with Gasteiger partial charge in [-0.15, -0.1) is 0 Å². The van der Waals surface area contributed by atoms with E-state index in [9.17, 15) is 14.3 Å². The lowest BCUT2D eigenvalue weighted by Gasteiger charge is -2.14. The molecule has 2 aromatic rings. The molecule has 3 rings (SSSR count). The highest BCUT2D eigenvalue weighted by atomic mass is 19.1. The van der Waals surface area contributed by atoms with Crippen LogP contribution in [0.15, 0.2) is 30.5 Å². The number of carbonyl (C=O) groups is 1. The van der Waals surface area contributed by atoms with Gasteiger partial charge in [-0.25, -0.2) is 4.39 Å². The van der Waals surface area contributed by atoms with Crippen molar-refractivity contribution < 1.29 is 14.3 Å². The molecule has 0 spiro atoms. The first kappa shape index (κ1) is 16.6. The van der Waals surface area contributed by atoms with Crippen molar-refractivity contribution in [1.82, 2.24) is 15.1 Å². The van der Waals surface area contributed by atoms with Crippen molar-refractivity contribution in [3.63, 3.8) is 0 Å². The zero-order valence-electron chi connectivity index (χ0n) is 13.7. The van der Waals surface area contributed by atoms with Crippen molar-refractivity contribution in [2.45, 2.75) is 44.8 Å². The molecule has 1 saturated carbocycles. The molecule has 1 aromatic carbocycles. The van der Waals surface area contributed by atoms with Crippen LogP contribution >= 0.6 is 0 Å². The standard InChI is InChI=1S/C18H22FN3O2/c1-12-15(10-21-22(12)13-6-2-3-7-13)18(24)20-11-17(23)14-8-4-5-9-16(14)19/h4-5,8-10,13,17,23H,2-3,6-7,11H2,1H3,(H,20,24). The molecule has 0 saturated heterocycles. The Hall–Kier alpha value is -2.21. The van der Waals surface area contributed by atoms with Crippen molar-refractivity contribution in [3.8, 4) is 0 Å². The highest BCUT2D eigenvalue weighted by molar-refractivity contribution is 5.95. The van der Waals surface area contributed by atoms with Gasteiger partial charge in [-0.05, 0) is 25.8 Å². The van der Waals surface area contributed by atoms with Gasteiger partial charge >= 0.3 is 0 Å². The van der Waals surface area contributed by atoms with Crippen molar-refractivity contribution in [2.24, 2.45) is 0 Å². The molecule has 6 heteroatoms. The fourth-order valence-electron chi connectivity index (χ4n) is 3.30. The van der Waals surface area contributed by atoms with E-state index in [1.165, 1.54) is 25.0 Å². The summed E-state index contributed by atoms with van der Waals surface area (Å²) in [5.41, 5.74) is 1.51. The molecule has 1 heterocycles. The molecule has 1 unspecified atom stereocenters. The lowest BCUT2D eigenvalue weighted by molar-refractivity contribution is 0.0913. The van der Waals surface area contributed by atoms with E-state index in [4.69, 9.17) is 0 Å². The number of hydrogen-bond acceptors (Lipinski definition) is 3. The van der Waals surface area contributed by atoms with E-state index >= 15 is 0 Å². The van der Waals surface area contributed by atoms with E-state index in [-0.39, 0.29) is 18.0 Å². The normalized spacial score (nSPS) is 16.3. The Bertz CT molecular complexity index is 723. The largest absolute Gasteiger partial charge is 0.386 e. The zero-order chi connectivity index (χ0) is 17.1. The van der Waals surface area contributed by atoms with Crippen molar-refractivity contribution in [2.75, 3.05) is 6.54 Å². The van der Waals surface area contributed by atoms with Crippen LogP contribution in [0.4, 0.5) is 4.39 Å². The number of halogens is 1. The predicted octanol–water partition coefficient (Wildman–Crippen LogP) is 2.91. The van der Waals surface area contributed by atoms with Crippen LogP contribution in [0.25, 0.3) is 0 Å². The zero-order valence-corrected chi connectivity index (χ0v) is 13.7. The molecule has 1 aliphatic carbocycles. The molecule has 0 radical (unpaired) electrons. The summed E-state index contributed by atoms with van der Waals surface area (Å²) in [6.45, 7) is 1.83. The van der Waals surface area contributed by atoms with Gasteiger partial charge in [-0.3, -0.25) is 9.48 Å². The summed E-state index contributed by atoms with van der Waals surface area (Å²) >= 11 is 0. The van der Waals surface area contributed by atoms with Gasteiger partial charge < -0.3 is 10.4 Å². The second-order valence-electron chi connectivity index (χ2n) is 6.27. The molecule has 1 fully saturated rings. The quantitative estimate of drug-likeness (QED) is 0.885. The smallest absolute Gasteiger partial charge is 0.254 e. The Morgan fingerprint density at radius 2 is 2.12 bits per heavy atom. The van der Waals surface area contributed by atoms with Crippen LogP contribution in [-0.2, 0) is 0 Å². The van der Waals surface area contributed by atoms with E-state index in [2.05, 4.69) is 10.4 Å². The molecule has 1 aromatic heterocycles. The van der Waals surface area contributed by atoms with Crippen LogP contribution in [0.3, 0.4) is 0 Å². The van der Waals surface area contributed by atoms with Crippen LogP contribution in [0.5, 0.6) is 0 Å². The van der Waals surface area contributed by atoms with Gasteiger partial charge in [0.25, 0.3) is 5.91 Å². The second kappa shape index (κ2) is 7.13. The van der Waals surface area contributed by atoms with Crippen LogP contribution in [-0.4, -0.2) is 27.3 Å². The third-order valence-corrected chi connectivity index (χ3v) is 4.68. The minimum atomic E-state index is -1.08. The van der Waals surface area contributed by atoms with E-state index in [0.29, 0.717) is 11.6 Å². The molecule has 24 heavy (non-hydrogen) atoms. The fourth-order valence-corrected chi connectivity index (χ4v) is 3.30. The van der Waals surface area contributed by atoms with Crippen molar-refractivity contribution in [3.05, 3.63) is 53.1 Å². The second-order valence-corrected chi connectivity index (χ2v) is 6.27. The maximum absolute atomic E-state index is 13.6. The molecule has 128 valence electrons. The molecule has 0 bridgehead atoms. The lowest BCUT2D eigenvalue weighted by atomic mass is 10.1. The monoisotopic (exact) mass is 331 g/mol. The molecule has 1 atom stereocenters. The number of nitrogens with one attached hydrogen (secondary N) is 1. The van der Waals surface area contributed by atoms with E-state index in [1.54, 1.807) is 18.3 Å². The van der Waals surface area contributed by atoms with Gasteiger partial charge in [0.15, 0.2) is 0 Å². The summed E-state index contributed by atoms with van der Waals surface area (Å²) in [6.07, 6.45) is 5.06. The van der Waals surface area contributed by atoms with Crippen molar-refractivity contribution in [1.29, 1.82) is 0 Å². The number of amides is 1. The van der Waals surface area contributed by atoms with Gasteiger partial charge in [-0.2, -0.15) is 5.10 Å². The first-order chi connectivity index (χ1) is 11.6. The van der Waals surface area contributed by atoms with Gasteiger partial charge in [0, 0.05) is 17.8 Å². The molecular weight excluding hydrogens is 309 g/mol. The number of aliphatic hydroxyl groups is 1. The number of nitrogens with zero attached hydrogens (tertiary/aromatic N) is 2. The molecule has 1 amide bonds. The maximum atomic E-state index is 13.6. The first-order valence-corrected chi connectivity index (χ1v) is 8.32. The maximum Gasteiger partial charge on any atom is 0.254 e. The van der Waals surface area contributed by atoms with Gasteiger partial charge in [0.05, 0.1) is 23.9 Å². The Balaban J connectivity index is 1.64. The summed E-state index contributed by atoms with van der Waals surface area (Å²) < 4.78 is 15.6. The summed E-state index contributed by atoms with van der Waals surface area (Å²) in [7, 11) is 0. The Kier molecular flexibility index (Phi) is 4.94. The highest BCUT2D eigenvalue weighted by Gasteiger charge is 2.23. The van der Waals surface area contributed by atoms with Crippen LogP contribution in [0.2, 0.25) is 0 Å². The lowest BCUT2D eigenvalue weighted by Crippen LogP contribution is -2.29. The first-order valence-electron chi connectivity index (χ1n) is 8.32. The number of rotatable bonds is 5. The Morgan fingerprint density at radius 3 is 2.83 bits per heavy atom. The predicted molar refractivity (Wildman–Crippen MR) is 88.2 cm³/mol. The highest BCUT2D eigenvalue weighted by Crippen LogP contribution is 2.30. The third-order valence-electron chi connectivity index (χ3n) is 4.68. The van der Waals surface area contributed by atoms with Crippen LogP contribution < -0.4 is 5.32 Å². The number of aliphatic hydroxyl groups excluding tert-OH is 1. The number of hydrogen-bond donors (Lipinski definition) is 2. The van der Waals surface area contributed by atoms with Crippen molar-refractivity contribution >= 4 is 5.91 Å². The number of benzene rings is 1.